The average Bonchev–Trinajstić information content (AvgIpc) is 3.27. The highest BCUT2D eigenvalue weighted by Crippen LogP contribution is 2.29. The molecule has 0 aliphatic heterocycles. The highest BCUT2D eigenvalue weighted by Gasteiger charge is 2.31. The Morgan fingerprint density at radius 2 is 1.63 bits per heavy atom. The van der Waals surface area contributed by atoms with Gasteiger partial charge in [-0.15, -0.1) is 0 Å². The Morgan fingerprint density at radius 1 is 0.947 bits per heavy atom. The summed E-state index contributed by atoms with van der Waals surface area (Å²) in [6.45, 7) is 6.60. The number of hydrogen-bond acceptors (Lipinski definition) is 3. The molecule has 1 aromatic heterocycles. The molecule has 6 nitrogen and oxygen atoms in total. The third-order valence-electron chi connectivity index (χ3n) is 6.36. The molecule has 206 valence electrons. The number of ether oxygens (including phenoxy) is 1. The number of para-hydroxylation sites is 1. The van der Waals surface area contributed by atoms with Crippen LogP contribution in [0.2, 0.25) is 0 Å². The summed E-state index contributed by atoms with van der Waals surface area (Å²) in [5.41, 5.74) is 1.20. The average molecular weight is 532 g/mol. The first-order valence-corrected chi connectivity index (χ1v) is 12.7. The summed E-state index contributed by atoms with van der Waals surface area (Å²) in [6.07, 6.45) is -1.39. The minimum Gasteiger partial charge on any atom is -0.385 e. The van der Waals surface area contributed by atoms with E-state index in [1.165, 1.54) is 12.1 Å². The number of aromatic amines is 1. The number of H-pyrrole nitrogens is 1. The maximum atomic E-state index is 13.6. The lowest BCUT2D eigenvalue weighted by atomic mass is 9.94. The van der Waals surface area contributed by atoms with Crippen LogP contribution in [-0.4, -0.2) is 59.9 Å². The van der Waals surface area contributed by atoms with Crippen LogP contribution in [0, 0.1) is 5.41 Å². The van der Waals surface area contributed by atoms with E-state index >= 15 is 0 Å². The molecule has 0 unspecified atom stereocenters. The van der Waals surface area contributed by atoms with Gasteiger partial charge in [0, 0.05) is 55.9 Å². The number of fused-ring (bicyclic) bond motifs is 1. The molecule has 1 N–H and O–H groups in total. The van der Waals surface area contributed by atoms with Crippen LogP contribution in [0.1, 0.15) is 43.9 Å². The summed E-state index contributed by atoms with van der Waals surface area (Å²) in [6, 6.07) is 12.7. The van der Waals surface area contributed by atoms with Crippen LogP contribution < -0.4 is 0 Å². The third kappa shape index (κ3) is 7.84. The van der Waals surface area contributed by atoms with Gasteiger partial charge in [0.1, 0.15) is 0 Å². The molecule has 0 atom stereocenters. The van der Waals surface area contributed by atoms with Gasteiger partial charge < -0.3 is 19.5 Å². The lowest BCUT2D eigenvalue weighted by Gasteiger charge is -2.32. The minimum atomic E-state index is -4.43. The fourth-order valence-corrected chi connectivity index (χ4v) is 4.30. The van der Waals surface area contributed by atoms with E-state index < -0.39 is 17.2 Å². The van der Waals surface area contributed by atoms with Gasteiger partial charge in [0.05, 0.1) is 12.1 Å². The van der Waals surface area contributed by atoms with Crippen molar-refractivity contribution in [1.29, 1.82) is 0 Å². The Labute approximate surface area is 221 Å². The number of rotatable bonds is 11. The number of amides is 2. The molecule has 0 saturated heterocycles. The minimum absolute atomic E-state index is 0.117. The predicted octanol–water partition coefficient (Wildman–Crippen LogP) is 5.67. The Balaban J connectivity index is 1.82. The molecule has 3 aromatic rings. The topological polar surface area (TPSA) is 65.6 Å². The van der Waals surface area contributed by atoms with E-state index in [4.69, 9.17) is 4.74 Å². The number of carbonyl (C=O) groups excluding carboxylic acids is 2. The van der Waals surface area contributed by atoms with Crippen LogP contribution in [0.15, 0.2) is 54.7 Å². The largest absolute Gasteiger partial charge is 0.416 e. The second-order valence-corrected chi connectivity index (χ2v) is 10.4. The Morgan fingerprint density at radius 3 is 2.26 bits per heavy atom. The quantitative estimate of drug-likeness (QED) is 0.324. The van der Waals surface area contributed by atoms with Crippen molar-refractivity contribution in [2.75, 3.05) is 33.4 Å². The van der Waals surface area contributed by atoms with Crippen molar-refractivity contribution in [2.45, 2.75) is 46.3 Å². The van der Waals surface area contributed by atoms with E-state index in [-0.39, 0.29) is 24.9 Å². The molecule has 0 aliphatic carbocycles. The van der Waals surface area contributed by atoms with E-state index in [0.29, 0.717) is 38.1 Å². The van der Waals surface area contributed by atoms with Crippen molar-refractivity contribution < 1.29 is 27.5 Å². The number of carbonyl (C=O) groups is 2. The SMILES string of the molecule is COCCCN(CC(=O)N(CCc1c[nH]c2ccccc12)Cc1ccc(C(F)(F)F)cc1)C(=O)C(C)(C)C. The predicted molar refractivity (Wildman–Crippen MR) is 141 cm³/mol. The van der Waals surface area contributed by atoms with Crippen LogP contribution >= 0.6 is 0 Å². The summed E-state index contributed by atoms with van der Waals surface area (Å²) < 4.78 is 44.3. The Hall–Kier alpha value is -3.33. The molecule has 0 saturated carbocycles. The molecular weight excluding hydrogens is 495 g/mol. The van der Waals surface area contributed by atoms with E-state index in [9.17, 15) is 22.8 Å². The van der Waals surface area contributed by atoms with Gasteiger partial charge >= 0.3 is 6.18 Å². The highest BCUT2D eigenvalue weighted by atomic mass is 19.4. The molecule has 0 fully saturated rings. The van der Waals surface area contributed by atoms with Gasteiger partial charge in [-0.2, -0.15) is 13.2 Å². The van der Waals surface area contributed by atoms with Crippen LogP contribution in [0.3, 0.4) is 0 Å². The first-order chi connectivity index (χ1) is 17.9. The normalized spacial score (nSPS) is 12.1. The zero-order valence-corrected chi connectivity index (χ0v) is 22.4. The fraction of sp³-hybridized carbons (Fsp3) is 0.448. The lowest BCUT2D eigenvalue weighted by molar-refractivity contribution is -0.146. The van der Waals surface area contributed by atoms with Gasteiger partial charge in [-0.1, -0.05) is 51.1 Å². The van der Waals surface area contributed by atoms with Crippen LogP contribution in [-0.2, 0) is 33.5 Å². The summed E-state index contributed by atoms with van der Waals surface area (Å²) in [5.74, 6) is -0.409. The van der Waals surface area contributed by atoms with Crippen molar-refractivity contribution in [3.8, 4) is 0 Å². The standard InChI is InChI=1S/C29H36F3N3O3/c1-28(2,3)27(37)35(15-7-17-38-4)20-26(36)34(19-21-10-12-23(13-11-21)29(30,31)32)16-14-22-18-33-25-9-6-5-8-24(22)25/h5-6,8-13,18,33H,7,14-17,19-20H2,1-4H3. The number of nitrogens with one attached hydrogen (secondary N) is 1. The summed E-state index contributed by atoms with van der Waals surface area (Å²) in [7, 11) is 1.58. The number of halogens is 3. The maximum Gasteiger partial charge on any atom is 0.416 e. The zero-order valence-electron chi connectivity index (χ0n) is 22.4. The van der Waals surface area contributed by atoms with E-state index in [0.717, 1.165) is 28.6 Å². The lowest BCUT2D eigenvalue weighted by Crippen LogP contribution is -2.47. The van der Waals surface area contributed by atoms with Gasteiger partial charge in [-0.05, 0) is 42.2 Å². The van der Waals surface area contributed by atoms with E-state index in [1.54, 1.807) is 37.7 Å². The number of hydrogen-bond donors (Lipinski definition) is 1. The van der Waals surface area contributed by atoms with E-state index in [2.05, 4.69) is 4.98 Å². The zero-order chi connectivity index (χ0) is 27.9. The summed E-state index contributed by atoms with van der Waals surface area (Å²) >= 11 is 0. The number of benzene rings is 2. The number of aromatic nitrogens is 1. The van der Waals surface area contributed by atoms with Crippen molar-refractivity contribution in [2.24, 2.45) is 5.41 Å². The first kappa shape index (κ1) is 29.2. The van der Waals surface area contributed by atoms with Gasteiger partial charge in [0.2, 0.25) is 11.8 Å². The second-order valence-electron chi connectivity index (χ2n) is 10.4. The Kier molecular flexibility index (Phi) is 9.60. The van der Waals surface area contributed by atoms with Crippen molar-refractivity contribution in [1.82, 2.24) is 14.8 Å². The molecule has 0 bridgehead atoms. The molecule has 2 amide bonds. The molecule has 3 rings (SSSR count). The molecule has 38 heavy (non-hydrogen) atoms. The number of nitrogens with zero attached hydrogens (tertiary/aromatic N) is 2. The van der Waals surface area contributed by atoms with Gasteiger partial charge in [0.15, 0.2) is 0 Å². The molecule has 1 heterocycles. The monoisotopic (exact) mass is 531 g/mol. The molecule has 9 heteroatoms. The molecule has 2 aromatic carbocycles. The number of alkyl halides is 3. The molecule has 0 spiro atoms. The third-order valence-corrected chi connectivity index (χ3v) is 6.36. The number of methoxy groups -OCH3 is 1. The van der Waals surface area contributed by atoms with Crippen LogP contribution in [0.4, 0.5) is 13.2 Å². The first-order valence-electron chi connectivity index (χ1n) is 12.7. The summed E-state index contributed by atoms with van der Waals surface area (Å²) in [5, 5.41) is 1.05. The van der Waals surface area contributed by atoms with Gasteiger partial charge in [-0.3, -0.25) is 9.59 Å². The maximum absolute atomic E-state index is 13.6. The van der Waals surface area contributed by atoms with Crippen LogP contribution in [0.5, 0.6) is 0 Å². The van der Waals surface area contributed by atoms with Crippen molar-refractivity contribution in [3.05, 3.63) is 71.4 Å². The Bertz CT molecular complexity index is 1210. The molecule has 0 radical (unpaired) electrons. The van der Waals surface area contributed by atoms with Crippen LogP contribution in [0.25, 0.3) is 10.9 Å². The van der Waals surface area contributed by atoms with Gasteiger partial charge in [-0.25, -0.2) is 0 Å². The van der Waals surface area contributed by atoms with E-state index in [1.807, 2.05) is 30.5 Å². The molecular formula is C29H36F3N3O3. The summed E-state index contributed by atoms with van der Waals surface area (Å²) in [4.78, 5) is 33.1. The van der Waals surface area contributed by atoms with Crippen molar-refractivity contribution in [3.63, 3.8) is 0 Å². The highest BCUT2D eigenvalue weighted by molar-refractivity contribution is 5.87. The molecule has 0 aliphatic rings. The van der Waals surface area contributed by atoms with Crippen molar-refractivity contribution >= 4 is 22.7 Å². The second kappa shape index (κ2) is 12.5. The van der Waals surface area contributed by atoms with Gasteiger partial charge in [0.25, 0.3) is 0 Å². The fourth-order valence-electron chi connectivity index (χ4n) is 4.30. The smallest absolute Gasteiger partial charge is 0.385 e.